The minimum Gasteiger partial charge on any atom is -0.303 e. The van der Waals surface area contributed by atoms with Crippen molar-refractivity contribution in [3.63, 3.8) is 0 Å². The molecule has 1 aliphatic rings. The predicted octanol–water partition coefficient (Wildman–Crippen LogP) is 3.10. The van der Waals surface area contributed by atoms with Gasteiger partial charge in [-0.3, -0.25) is 0 Å². The molecule has 0 aromatic heterocycles. The summed E-state index contributed by atoms with van der Waals surface area (Å²) in [7, 11) is 0. The van der Waals surface area contributed by atoms with Crippen LogP contribution in [-0.4, -0.2) is 6.21 Å². The number of hydrogen-bond acceptors (Lipinski definition) is 2. The van der Waals surface area contributed by atoms with E-state index in [1.165, 1.54) is 17.5 Å². The molecule has 0 spiro atoms. The third-order valence-corrected chi connectivity index (χ3v) is 2.84. The highest BCUT2D eigenvalue weighted by Gasteiger charge is 2.16. The molecule has 1 atom stereocenters. The molecule has 0 aliphatic carbocycles. The van der Waals surface area contributed by atoms with Crippen molar-refractivity contribution in [1.82, 2.24) is 5.43 Å². The van der Waals surface area contributed by atoms with E-state index in [1.54, 1.807) is 0 Å². The van der Waals surface area contributed by atoms with Crippen LogP contribution < -0.4 is 5.43 Å². The smallest absolute Gasteiger partial charge is 0.0695 e. The van der Waals surface area contributed by atoms with Crippen LogP contribution in [0, 0.1) is 5.92 Å². The van der Waals surface area contributed by atoms with E-state index in [0.717, 1.165) is 12.3 Å². The number of nitrogens with one attached hydrogen (secondary N) is 1. The first-order chi connectivity index (χ1) is 7.27. The molecule has 1 aromatic carbocycles. The number of hydrogen-bond donors (Lipinski definition) is 1. The molecule has 2 heteroatoms. The fraction of sp³-hybridized carbons (Fsp3) is 0.462. The molecule has 1 unspecified atom stereocenters. The minimum absolute atomic E-state index is 0.397. The van der Waals surface area contributed by atoms with Crippen molar-refractivity contribution >= 4 is 6.21 Å². The summed E-state index contributed by atoms with van der Waals surface area (Å²) in [5.74, 6) is 0.755. The summed E-state index contributed by atoms with van der Waals surface area (Å²) < 4.78 is 0. The molecule has 0 saturated carbocycles. The maximum absolute atomic E-state index is 4.20. The average molecular weight is 202 g/mol. The van der Waals surface area contributed by atoms with Gasteiger partial charge < -0.3 is 5.43 Å². The Morgan fingerprint density at radius 1 is 1.33 bits per heavy atom. The van der Waals surface area contributed by atoms with Crippen molar-refractivity contribution in [1.29, 1.82) is 0 Å². The summed E-state index contributed by atoms with van der Waals surface area (Å²) >= 11 is 0. The first-order valence-electron chi connectivity index (χ1n) is 5.65. The van der Waals surface area contributed by atoms with Crippen LogP contribution in [0.5, 0.6) is 0 Å². The molecular formula is C13H18N2. The third-order valence-electron chi connectivity index (χ3n) is 2.84. The number of hydrazone groups is 1. The highest BCUT2D eigenvalue weighted by atomic mass is 15.3. The summed E-state index contributed by atoms with van der Waals surface area (Å²) in [5.41, 5.74) is 5.84. The second-order valence-corrected chi connectivity index (χ2v) is 4.54. The molecule has 2 nitrogen and oxygen atoms in total. The highest BCUT2D eigenvalue weighted by molar-refractivity contribution is 5.82. The fourth-order valence-electron chi connectivity index (χ4n) is 1.93. The summed E-state index contributed by atoms with van der Waals surface area (Å²) in [6.07, 6.45) is 4.30. The van der Waals surface area contributed by atoms with Gasteiger partial charge in [-0.2, -0.15) is 5.10 Å². The average Bonchev–Trinajstić information content (AvgIpc) is 2.26. The molecular weight excluding hydrogens is 184 g/mol. The summed E-state index contributed by atoms with van der Waals surface area (Å²) in [6, 6.07) is 8.88. The van der Waals surface area contributed by atoms with E-state index in [1.807, 2.05) is 6.21 Å². The second-order valence-electron chi connectivity index (χ2n) is 4.54. The van der Waals surface area contributed by atoms with Gasteiger partial charge in [-0.1, -0.05) is 38.1 Å². The summed E-state index contributed by atoms with van der Waals surface area (Å²) in [4.78, 5) is 0. The Bertz CT molecular complexity index is 355. The number of rotatable bonds is 3. The maximum Gasteiger partial charge on any atom is 0.0695 e. The van der Waals surface area contributed by atoms with E-state index in [-0.39, 0.29) is 0 Å². The van der Waals surface area contributed by atoms with Crippen molar-refractivity contribution in [2.45, 2.75) is 32.7 Å². The van der Waals surface area contributed by atoms with Gasteiger partial charge >= 0.3 is 0 Å². The van der Waals surface area contributed by atoms with Crippen LogP contribution >= 0.6 is 0 Å². The van der Waals surface area contributed by atoms with Crippen LogP contribution in [0.15, 0.2) is 29.4 Å². The maximum atomic E-state index is 4.20. The highest BCUT2D eigenvalue weighted by Crippen LogP contribution is 2.25. The lowest BCUT2D eigenvalue weighted by Gasteiger charge is -2.23. The topological polar surface area (TPSA) is 24.4 Å². The SMILES string of the molecule is CC(C)CCC1NN=Cc2ccccc21. The van der Waals surface area contributed by atoms with Gasteiger partial charge in [0.05, 0.1) is 12.3 Å². The van der Waals surface area contributed by atoms with E-state index in [2.05, 4.69) is 48.6 Å². The summed E-state index contributed by atoms with van der Waals surface area (Å²) in [6.45, 7) is 4.52. The summed E-state index contributed by atoms with van der Waals surface area (Å²) in [5, 5.41) is 4.20. The van der Waals surface area contributed by atoms with Crippen LogP contribution in [0.2, 0.25) is 0 Å². The third kappa shape index (κ3) is 2.38. The lowest BCUT2D eigenvalue weighted by atomic mass is 9.94. The van der Waals surface area contributed by atoms with Gasteiger partial charge in [0.15, 0.2) is 0 Å². The van der Waals surface area contributed by atoms with Crippen molar-refractivity contribution in [3.8, 4) is 0 Å². The fourth-order valence-corrected chi connectivity index (χ4v) is 1.93. The van der Waals surface area contributed by atoms with Crippen molar-refractivity contribution in [2.24, 2.45) is 11.0 Å². The van der Waals surface area contributed by atoms with E-state index < -0.39 is 0 Å². The van der Waals surface area contributed by atoms with Gasteiger partial charge in [0.1, 0.15) is 0 Å². The van der Waals surface area contributed by atoms with Gasteiger partial charge in [-0.05, 0) is 29.9 Å². The zero-order valence-electron chi connectivity index (χ0n) is 9.40. The Labute approximate surface area is 91.4 Å². The first kappa shape index (κ1) is 10.2. The Morgan fingerprint density at radius 3 is 2.93 bits per heavy atom. The molecule has 15 heavy (non-hydrogen) atoms. The zero-order chi connectivity index (χ0) is 10.7. The van der Waals surface area contributed by atoms with Gasteiger partial charge in [-0.15, -0.1) is 0 Å². The molecule has 0 bridgehead atoms. The molecule has 0 saturated heterocycles. The predicted molar refractivity (Wildman–Crippen MR) is 64.0 cm³/mol. The van der Waals surface area contributed by atoms with Crippen molar-refractivity contribution in [3.05, 3.63) is 35.4 Å². The van der Waals surface area contributed by atoms with E-state index in [4.69, 9.17) is 0 Å². The molecule has 0 amide bonds. The normalized spacial score (nSPS) is 18.7. The Kier molecular flexibility index (Phi) is 3.05. The van der Waals surface area contributed by atoms with E-state index in [0.29, 0.717) is 6.04 Å². The molecule has 1 aromatic rings. The molecule has 0 fully saturated rings. The molecule has 80 valence electrons. The van der Waals surface area contributed by atoms with E-state index in [9.17, 15) is 0 Å². The van der Waals surface area contributed by atoms with Gasteiger partial charge in [0.25, 0.3) is 0 Å². The second kappa shape index (κ2) is 4.47. The van der Waals surface area contributed by atoms with Crippen LogP contribution in [0.25, 0.3) is 0 Å². The first-order valence-corrected chi connectivity index (χ1v) is 5.65. The minimum atomic E-state index is 0.397. The lowest BCUT2D eigenvalue weighted by Crippen LogP contribution is -2.21. The monoisotopic (exact) mass is 202 g/mol. The van der Waals surface area contributed by atoms with Crippen molar-refractivity contribution < 1.29 is 0 Å². The van der Waals surface area contributed by atoms with Crippen LogP contribution in [-0.2, 0) is 0 Å². The van der Waals surface area contributed by atoms with E-state index >= 15 is 0 Å². The van der Waals surface area contributed by atoms with Gasteiger partial charge in [0.2, 0.25) is 0 Å². The van der Waals surface area contributed by atoms with Crippen LogP contribution in [0.1, 0.15) is 43.9 Å². The largest absolute Gasteiger partial charge is 0.303 e. The van der Waals surface area contributed by atoms with Gasteiger partial charge in [-0.25, -0.2) is 0 Å². The van der Waals surface area contributed by atoms with Crippen LogP contribution in [0.4, 0.5) is 0 Å². The quantitative estimate of drug-likeness (QED) is 0.800. The van der Waals surface area contributed by atoms with Gasteiger partial charge in [0, 0.05) is 0 Å². The number of benzene rings is 1. The Balaban J connectivity index is 2.12. The standard InChI is InChI=1S/C13H18N2/c1-10(2)7-8-13-12-6-4-3-5-11(12)9-14-15-13/h3-6,9-10,13,15H,7-8H2,1-2H3. The zero-order valence-corrected chi connectivity index (χ0v) is 9.40. The molecule has 1 N–H and O–H groups in total. The number of fused-ring (bicyclic) bond motifs is 1. The Hall–Kier alpha value is -1.31. The number of nitrogens with zero attached hydrogens (tertiary/aromatic N) is 1. The van der Waals surface area contributed by atoms with Crippen LogP contribution in [0.3, 0.4) is 0 Å². The molecule has 1 heterocycles. The molecule has 2 rings (SSSR count). The molecule has 0 radical (unpaired) electrons. The Morgan fingerprint density at radius 2 is 2.13 bits per heavy atom. The lowest BCUT2D eigenvalue weighted by molar-refractivity contribution is 0.446. The van der Waals surface area contributed by atoms with Crippen molar-refractivity contribution in [2.75, 3.05) is 0 Å². The molecule has 1 aliphatic heterocycles.